The third-order valence-corrected chi connectivity index (χ3v) is 5.98. The summed E-state index contributed by atoms with van der Waals surface area (Å²) in [4.78, 5) is 11.3. The Morgan fingerprint density at radius 1 is 1.35 bits per heavy atom. The van der Waals surface area contributed by atoms with Crippen molar-refractivity contribution in [3.05, 3.63) is 0 Å². The summed E-state index contributed by atoms with van der Waals surface area (Å²) in [5.74, 6) is 0.0261. The van der Waals surface area contributed by atoms with Crippen LogP contribution in [-0.4, -0.2) is 34.0 Å². The van der Waals surface area contributed by atoms with E-state index >= 15 is 0 Å². The van der Waals surface area contributed by atoms with E-state index in [0.717, 1.165) is 25.7 Å². The molecule has 4 heteroatoms. The van der Waals surface area contributed by atoms with Gasteiger partial charge in [0.1, 0.15) is 6.10 Å². The van der Waals surface area contributed by atoms with Gasteiger partial charge in [0.15, 0.2) is 0 Å². The molecular weight excluding hydrogens is 256 g/mol. The molecule has 0 amide bonds. The van der Waals surface area contributed by atoms with Crippen molar-refractivity contribution >= 4 is 5.97 Å². The zero-order chi connectivity index (χ0) is 15.1. The van der Waals surface area contributed by atoms with E-state index in [4.69, 9.17) is 4.74 Å². The Morgan fingerprint density at radius 2 is 2.00 bits per heavy atom. The number of aliphatic hydroxyl groups is 2. The van der Waals surface area contributed by atoms with Crippen molar-refractivity contribution in [3.63, 3.8) is 0 Å². The number of esters is 1. The number of carbonyl (C=O) groups excluding carboxylic acids is 1. The molecule has 6 atom stereocenters. The molecule has 20 heavy (non-hydrogen) atoms. The number of ether oxygens (including phenoxy) is 1. The van der Waals surface area contributed by atoms with Crippen LogP contribution in [0.25, 0.3) is 0 Å². The molecule has 116 valence electrons. The molecule has 0 aromatic rings. The molecule has 2 rings (SSSR count). The van der Waals surface area contributed by atoms with Crippen LogP contribution < -0.4 is 0 Å². The van der Waals surface area contributed by atoms with E-state index in [9.17, 15) is 15.0 Å². The van der Waals surface area contributed by atoms with E-state index < -0.39 is 17.1 Å². The van der Waals surface area contributed by atoms with Crippen LogP contribution >= 0.6 is 0 Å². The smallest absolute Gasteiger partial charge is 0.302 e. The zero-order valence-electron chi connectivity index (χ0n) is 13.1. The molecule has 0 heterocycles. The fraction of sp³-hybridized carbons (Fsp3) is 0.938. The van der Waals surface area contributed by atoms with Crippen molar-refractivity contribution < 1.29 is 19.7 Å². The summed E-state index contributed by atoms with van der Waals surface area (Å²) in [5, 5.41) is 21.2. The average Bonchev–Trinajstić information content (AvgIpc) is 2.35. The second-order valence-electron chi connectivity index (χ2n) is 7.16. The minimum atomic E-state index is -0.856. The van der Waals surface area contributed by atoms with E-state index in [0.29, 0.717) is 6.42 Å². The maximum absolute atomic E-state index is 11.3. The standard InChI is InChI=1S/C16H28O4/c1-10-5-6-14(20-12(3)18)15(4)8-7-13(11(2)17)9-16(10,15)19/h10-11,13-14,17,19H,5-9H2,1-4H3/t10-,11+,13-,14+,15-,16+/m0/s1. The van der Waals surface area contributed by atoms with Crippen molar-refractivity contribution in [3.8, 4) is 0 Å². The molecule has 0 aromatic carbocycles. The van der Waals surface area contributed by atoms with Gasteiger partial charge >= 0.3 is 5.97 Å². The Hall–Kier alpha value is -0.610. The van der Waals surface area contributed by atoms with Crippen LogP contribution in [0.4, 0.5) is 0 Å². The first kappa shape index (κ1) is 15.8. The minimum Gasteiger partial charge on any atom is -0.462 e. The van der Waals surface area contributed by atoms with E-state index in [1.165, 1.54) is 6.92 Å². The van der Waals surface area contributed by atoms with E-state index in [1.807, 2.05) is 0 Å². The van der Waals surface area contributed by atoms with Gasteiger partial charge < -0.3 is 14.9 Å². The first-order valence-electron chi connectivity index (χ1n) is 7.78. The summed E-state index contributed by atoms with van der Waals surface area (Å²) >= 11 is 0. The number of aliphatic hydroxyl groups excluding tert-OH is 1. The molecule has 0 bridgehead atoms. The van der Waals surface area contributed by atoms with Crippen molar-refractivity contribution in [2.75, 3.05) is 0 Å². The lowest BCUT2D eigenvalue weighted by atomic mass is 9.50. The Bertz CT molecular complexity index is 381. The second kappa shape index (κ2) is 5.30. The first-order chi connectivity index (χ1) is 9.20. The van der Waals surface area contributed by atoms with Gasteiger partial charge in [0.2, 0.25) is 0 Å². The molecule has 0 radical (unpaired) electrons. The van der Waals surface area contributed by atoms with Crippen LogP contribution in [0.3, 0.4) is 0 Å². The molecular formula is C16H28O4. The minimum absolute atomic E-state index is 0.131. The largest absolute Gasteiger partial charge is 0.462 e. The van der Waals surface area contributed by atoms with E-state index in [2.05, 4.69) is 13.8 Å². The lowest BCUT2D eigenvalue weighted by Gasteiger charge is -2.59. The van der Waals surface area contributed by atoms with Crippen molar-refractivity contribution in [2.24, 2.45) is 17.3 Å². The monoisotopic (exact) mass is 284 g/mol. The number of hydrogen-bond acceptors (Lipinski definition) is 4. The highest BCUT2D eigenvalue weighted by atomic mass is 16.5. The highest BCUT2D eigenvalue weighted by molar-refractivity contribution is 5.66. The van der Waals surface area contributed by atoms with Crippen molar-refractivity contribution in [1.29, 1.82) is 0 Å². The number of rotatable bonds is 2. The number of carbonyl (C=O) groups is 1. The lowest BCUT2D eigenvalue weighted by molar-refractivity contribution is -0.233. The predicted molar refractivity (Wildman–Crippen MR) is 76.0 cm³/mol. The van der Waals surface area contributed by atoms with Crippen LogP contribution in [0.2, 0.25) is 0 Å². The van der Waals surface area contributed by atoms with Gasteiger partial charge in [-0.1, -0.05) is 13.8 Å². The predicted octanol–water partition coefficient (Wildman–Crippen LogP) is 2.27. The molecule has 0 aromatic heterocycles. The highest BCUT2D eigenvalue weighted by Crippen LogP contribution is 2.57. The fourth-order valence-electron chi connectivity index (χ4n) is 4.40. The van der Waals surface area contributed by atoms with Crippen LogP contribution in [0.1, 0.15) is 59.8 Å². The number of hydrogen-bond donors (Lipinski definition) is 2. The topological polar surface area (TPSA) is 66.8 Å². The summed E-state index contributed by atoms with van der Waals surface area (Å²) in [6.07, 6.45) is 3.33. The molecule has 0 saturated heterocycles. The van der Waals surface area contributed by atoms with Gasteiger partial charge in [0.05, 0.1) is 11.7 Å². The van der Waals surface area contributed by atoms with Crippen LogP contribution in [0, 0.1) is 17.3 Å². The van der Waals surface area contributed by atoms with E-state index in [-0.39, 0.29) is 23.9 Å². The molecule has 2 aliphatic carbocycles. The quantitative estimate of drug-likeness (QED) is 0.763. The third-order valence-electron chi connectivity index (χ3n) is 5.98. The summed E-state index contributed by atoms with van der Waals surface area (Å²) in [6.45, 7) is 7.36. The summed E-state index contributed by atoms with van der Waals surface area (Å²) in [5.41, 5.74) is -1.26. The molecule has 0 spiro atoms. The molecule has 0 aliphatic heterocycles. The van der Waals surface area contributed by atoms with Gasteiger partial charge in [-0.05, 0) is 50.9 Å². The van der Waals surface area contributed by atoms with Gasteiger partial charge in [0.25, 0.3) is 0 Å². The fourth-order valence-corrected chi connectivity index (χ4v) is 4.40. The molecule has 4 nitrogen and oxygen atoms in total. The highest BCUT2D eigenvalue weighted by Gasteiger charge is 2.61. The van der Waals surface area contributed by atoms with Crippen molar-refractivity contribution in [2.45, 2.75) is 77.6 Å². The first-order valence-corrected chi connectivity index (χ1v) is 7.78. The molecule has 2 fully saturated rings. The summed E-state index contributed by atoms with van der Waals surface area (Å²) in [6, 6.07) is 0. The Kier molecular flexibility index (Phi) is 4.18. The molecule has 2 N–H and O–H groups in total. The van der Waals surface area contributed by atoms with Crippen LogP contribution in [-0.2, 0) is 9.53 Å². The van der Waals surface area contributed by atoms with E-state index in [1.54, 1.807) is 6.92 Å². The normalized spacial score (nSPS) is 46.4. The Balaban J connectivity index is 2.29. The van der Waals surface area contributed by atoms with Gasteiger partial charge in [-0.15, -0.1) is 0 Å². The van der Waals surface area contributed by atoms with Crippen molar-refractivity contribution in [1.82, 2.24) is 0 Å². The maximum atomic E-state index is 11.3. The molecule has 2 aliphatic rings. The van der Waals surface area contributed by atoms with Crippen LogP contribution in [0.5, 0.6) is 0 Å². The Labute approximate surface area is 121 Å². The zero-order valence-corrected chi connectivity index (χ0v) is 13.1. The Morgan fingerprint density at radius 3 is 2.55 bits per heavy atom. The van der Waals surface area contributed by atoms with Crippen LogP contribution in [0.15, 0.2) is 0 Å². The van der Waals surface area contributed by atoms with Gasteiger partial charge in [-0.3, -0.25) is 4.79 Å². The van der Waals surface area contributed by atoms with Gasteiger partial charge in [-0.2, -0.15) is 0 Å². The van der Waals surface area contributed by atoms with Gasteiger partial charge in [-0.25, -0.2) is 0 Å². The SMILES string of the molecule is CC(=O)O[C@@H]1CC[C@H](C)[C@]2(O)C[C@@H]([C@@H](C)O)CC[C@@]12C. The lowest BCUT2D eigenvalue weighted by Crippen LogP contribution is -2.64. The molecule has 0 unspecified atom stereocenters. The van der Waals surface area contributed by atoms with Gasteiger partial charge in [0, 0.05) is 12.3 Å². The average molecular weight is 284 g/mol. The maximum Gasteiger partial charge on any atom is 0.302 e. The summed E-state index contributed by atoms with van der Waals surface area (Å²) < 4.78 is 5.51. The molecule has 2 saturated carbocycles. The third kappa shape index (κ3) is 2.37. The number of fused-ring (bicyclic) bond motifs is 1. The second-order valence-corrected chi connectivity index (χ2v) is 7.16. The summed E-state index contributed by atoms with van der Waals surface area (Å²) in [7, 11) is 0.